The molecule has 72 valence electrons. The summed E-state index contributed by atoms with van der Waals surface area (Å²) >= 11 is 0. The number of hydrogen-bond donors (Lipinski definition) is 1. The first kappa shape index (κ1) is 10.1. The standard InChI is InChI=1S/C8H12N2O2S/c1-7(13(11,12)9-2)8-5-3-4-6-10-8/h3-7,9H,1-2H3/t7-/m1/s1. The average Bonchev–Trinajstić information content (AvgIpc) is 2.18. The maximum Gasteiger partial charge on any atom is 0.219 e. The second-order valence-corrected chi connectivity index (χ2v) is 4.85. The van der Waals surface area contributed by atoms with E-state index in [1.807, 2.05) is 0 Å². The Morgan fingerprint density at radius 2 is 2.15 bits per heavy atom. The Bertz CT molecular complexity index is 361. The van der Waals surface area contributed by atoms with Crippen molar-refractivity contribution in [1.29, 1.82) is 0 Å². The molecule has 1 aromatic heterocycles. The summed E-state index contributed by atoms with van der Waals surface area (Å²) in [5.41, 5.74) is 0.553. The maximum atomic E-state index is 11.3. The summed E-state index contributed by atoms with van der Waals surface area (Å²) in [7, 11) is -1.87. The highest BCUT2D eigenvalue weighted by Gasteiger charge is 2.20. The highest BCUT2D eigenvalue weighted by molar-refractivity contribution is 7.89. The van der Waals surface area contributed by atoms with Gasteiger partial charge in [-0.05, 0) is 26.1 Å². The molecule has 0 unspecified atom stereocenters. The highest BCUT2D eigenvalue weighted by atomic mass is 32.2. The first-order chi connectivity index (χ1) is 6.08. The summed E-state index contributed by atoms with van der Waals surface area (Å²) in [5, 5.41) is -0.612. The minimum Gasteiger partial charge on any atom is -0.260 e. The third-order valence-electron chi connectivity index (χ3n) is 1.85. The molecule has 0 saturated heterocycles. The van der Waals surface area contributed by atoms with Gasteiger partial charge in [0.15, 0.2) is 0 Å². The van der Waals surface area contributed by atoms with E-state index in [1.165, 1.54) is 7.05 Å². The van der Waals surface area contributed by atoms with E-state index >= 15 is 0 Å². The van der Waals surface area contributed by atoms with Crippen molar-refractivity contribution in [3.05, 3.63) is 30.1 Å². The zero-order valence-corrected chi connectivity index (χ0v) is 8.38. The molecule has 1 N–H and O–H groups in total. The van der Waals surface area contributed by atoms with Gasteiger partial charge in [0.1, 0.15) is 5.25 Å². The molecule has 1 atom stereocenters. The molecule has 0 amide bonds. The SMILES string of the molecule is CNS(=O)(=O)[C@H](C)c1ccccn1. The Labute approximate surface area is 78.1 Å². The van der Waals surface area contributed by atoms with Crippen LogP contribution in [0.4, 0.5) is 0 Å². The molecule has 1 heterocycles. The Kier molecular flexibility index (Phi) is 3.00. The molecule has 4 nitrogen and oxygen atoms in total. The van der Waals surface area contributed by atoms with Crippen molar-refractivity contribution in [1.82, 2.24) is 9.71 Å². The van der Waals surface area contributed by atoms with E-state index in [0.29, 0.717) is 5.69 Å². The van der Waals surface area contributed by atoms with E-state index in [4.69, 9.17) is 0 Å². The van der Waals surface area contributed by atoms with Crippen molar-refractivity contribution >= 4 is 10.0 Å². The Hall–Kier alpha value is -0.940. The lowest BCUT2D eigenvalue weighted by molar-refractivity contribution is 0.576. The third-order valence-corrected chi connectivity index (χ3v) is 3.60. The molecule has 5 heteroatoms. The first-order valence-electron chi connectivity index (χ1n) is 3.91. The minimum atomic E-state index is -3.26. The van der Waals surface area contributed by atoms with Crippen molar-refractivity contribution < 1.29 is 8.42 Å². The Balaban J connectivity index is 2.99. The molecule has 0 radical (unpaired) electrons. The van der Waals surface area contributed by atoms with Gasteiger partial charge >= 0.3 is 0 Å². The summed E-state index contributed by atoms with van der Waals surface area (Å²) in [6.45, 7) is 1.61. The van der Waals surface area contributed by atoms with Gasteiger partial charge in [0.05, 0.1) is 5.69 Å². The molecule has 1 aromatic rings. The second kappa shape index (κ2) is 3.85. The van der Waals surface area contributed by atoms with Gasteiger partial charge in [-0.15, -0.1) is 0 Å². The molecule has 0 saturated carbocycles. The number of nitrogens with zero attached hydrogens (tertiary/aromatic N) is 1. The van der Waals surface area contributed by atoms with E-state index in [1.54, 1.807) is 31.3 Å². The predicted octanol–water partition coefficient (Wildman–Crippen LogP) is 0.692. The summed E-state index contributed by atoms with van der Waals surface area (Å²) in [6, 6.07) is 5.21. The highest BCUT2D eigenvalue weighted by Crippen LogP contribution is 2.17. The normalized spacial score (nSPS) is 14.0. The molecule has 0 spiro atoms. The van der Waals surface area contributed by atoms with Gasteiger partial charge in [-0.25, -0.2) is 13.1 Å². The Morgan fingerprint density at radius 3 is 2.62 bits per heavy atom. The van der Waals surface area contributed by atoms with E-state index in [2.05, 4.69) is 9.71 Å². The molecule has 0 aromatic carbocycles. The predicted molar refractivity (Wildman–Crippen MR) is 50.6 cm³/mol. The van der Waals surface area contributed by atoms with Crippen LogP contribution in [0.2, 0.25) is 0 Å². The van der Waals surface area contributed by atoms with E-state index in [9.17, 15) is 8.42 Å². The molecule has 1 rings (SSSR count). The number of pyridine rings is 1. The van der Waals surface area contributed by atoms with Gasteiger partial charge in [0.25, 0.3) is 0 Å². The fraction of sp³-hybridized carbons (Fsp3) is 0.375. The molecule has 0 bridgehead atoms. The number of rotatable bonds is 3. The van der Waals surface area contributed by atoms with Crippen LogP contribution in [0, 0.1) is 0 Å². The van der Waals surface area contributed by atoms with E-state index < -0.39 is 15.3 Å². The van der Waals surface area contributed by atoms with Gasteiger partial charge in [-0.2, -0.15) is 0 Å². The van der Waals surface area contributed by atoms with Crippen molar-refractivity contribution in [2.24, 2.45) is 0 Å². The van der Waals surface area contributed by atoms with Gasteiger partial charge in [0, 0.05) is 6.20 Å². The average molecular weight is 200 g/mol. The zero-order valence-electron chi connectivity index (χ0n) is 7.56. The number of hydrogen-bond acceptors (Lipinski definition) is 3. The van der Waals surface area contributed by atoms with Crippen LogP contribution in [0.5, 0.6) is 0 Å². The quantitative estimate of drug-likeness (QED) is 0.781. The molecule has 13 heavy (non-hydrogen) atoms. The molecular formula is C8H12N2O2S. The van der Waals surface area contributed by atoms with Crippen LogP contribution in [0.25, 0.3) is 0 Å². The third kappa shape index (κ3) is 2.26. The molecular weight excluding hydrogens is 188 g/mol. The van der Waals surface area contributed by atoms with Crippen LogP contribution in [-0.4, -0.2) is 20.4 Å². The topological polar surface area (TPSA) is 59.1 Å². The summed E-state index contributed by atoms with van der Waals surface area (Å²) in [5.74, 6) is 0. The van der Waals surface area contributed by atoms with Crippen LogP contribution in [0.1, 0.15) is 17.9 Å². The van der Waals surface area contributed by atoms with Crippen molar-refractivity contribution in [2.75, 3.05) is 7.05 Å². The zero-order chi connectivity index (χ0) is 9.90. The van der Waals surface area contributed by atoms with Gasteiger partial charge in [-0.3, -0.25) is 4.98 Å². The summed E-state index contributed by atoms with van der Waals surface area (Å²) in [4.78, 5) is 3.97. The molecule has 0 aliphatic carbocycles. The number of aromatic nitrogens is 1. The smallest absolute Gasteiger partial charge is 0.219 e. The van der Waals surface area contributed by atoms with Crippen LogP contribution in [-0.2, 0) is 10.0 Å². The van der Waals surface area contributed by atoms with Crippen LogP contribution < -0.4 is 4.72 Å². The Morgan fingerprint density at radius 1 is 1.46 bits per heavy atom. The molecule has 0 fully saturated rings. The van der Waals surface area contributed by atoms with Crippen LogP contribution >= 0.6 is 0 Å². The molecule has 0 aliphatic rings. The largest absolute Gasteiger partial charge is 0.260 e. The monoisotopic (exact) mass is 200 g/mol. The first-order valence-corrected chi connectivity index (χ1v) is 5.46. The van der Waals surface area contributed by atoms with Gasteiger partial charge in [-0.1, -0.05) is 6.07 Å². The number of sulfonamides is 1. The second-order valence-electron chi connectivity index (χ2n) is 2.65. The van der Waals surface area contributed by atoms with E-state index in [0.717, 1.165) is 0 Å². The maximum absolute atomic E-state index is 11.3. The fourth-order valence-corrected chi connectivity index (χ4v) is 1.76. The summed E-state index contributed by atoms with van der Waals surface area (Å²) < 4.78 is 25.0. The molecule has 0 aliphatic heterocycles. The van der Waals surface area contributed by atoms with Crippen molar-refractivity contribution in [3.8, 4) is 0 Å². The van der Waals surface area contributed by atoms with Crippen molar-refractivity contribution in [3.63, 3.8) is 0 Å². The van der Waals surface area contributed by atoms with Crippen LogP contribution in [0.15, 0.2) is 24.4 Å². The van der Waals surface area contributed by atoms with E-state index in [-0.39, 0.29) is 0 Å². The lowest BCUT2D eigenvalue weighted by Crippen LogP contribution is -2.24. The summed E-state index contributed by atoms with van der Waals surface area (Å²) in [6.07, 6.45) is 1.58. The lowest BCUT2D eigenvalue weighted by atomic mass is 10.3. The van der Waals surface area contributed by atoms with Crippen LogP contribution in [0.3, 0.4) is 0 Å². The van der Waals surface area contributed by atoms with Crippen molar-refractivity contribution in [2.45, 2.75) is 12.2 Å². The van der Waals surface area contributed by atoms with Gasteiger partial charge < -0.3 is 0 Å². The fourth-order valence-electron chi connectivity index (χ4n) is 0.952. The number of nitrogens with one attached hydrogen (secondary N) is 1. The lowest BCUT2D eigenvalue weighted by Gasteiger charge is -2.10. The van der Waals surface area contributed by atoms with Gasteiger partial charge in [0.2, 0.25) is 10.0 Å². The minimum absolute atomic E-state index is 0.553.